The van der Waals surface area contributed by atoms with Gasteiger partial charge < -0.3 is 33.8 Å². The van der Waals surface area contributed by atoms with Crippen LogP contribution in [0.2, 0.25) is 0 Å². The lowest BCUT2D eigenvalue weighted by Crippen LogP contribution is -2.30. The third-order valence-corrected chi connectivity index (χ3v) is 19.9. The van der Waals surface area contributed by atoms with Gasteiger partial charge in [0.15, 0.2) is 12.2 Å². The fourth-order valence-corrected chi connectivity index (χ4v) is 12.6. The van der Waals surface area contributed by atoms with Crippen LogP contribution < -0.4 is 0 Å². The normalized spacial score (nSPS) is 15.0. The Morgan fingerprint density at radius 2 is 0.522 bits per heavy atom. The Morgan fingerprint density at radius 1 is 0.304 bits per heavy atom. The molecule has 0 saturated carbocycles. The second-order valence-corrected chi connectivity index (χ2v) is 30.0. The summed E-state index contributed by atoms with van der Waals surface area (Å²) in [6.07, 6.45) is 48.2. The third-order valence-electron chi connectivity index (χ3n) is 18.0. The molecule has 0 aromatic heterocycles. The van der Waals surface area contributed by atoms with E-state index in [9.17, 15) is 43.2 Å². The molecule has 0 aliphatic carbocycles. The minimum Gasteiger partial charge on any atom is -0.462 e. The highest BCUT2D eigenvalue weighted by Crippen LogP contribution is 2.45. The van der Waals surface area contributed by atoms with Crippen LogP contribution in [0.25, 0.3) is 0 Å². The predicted molar refractivity (Wildman–Crippen MR) is 372 cm³/mol. The number of hydrogen-bond acceptors (Lipinski definition) is 15. The molecule has 5 unspecified atom stereocenters. The van der Waals surface area contributed by atoms with Crippen molar-refractivity contribution in [1.29, 1.82) is 0 Å². The molecule has 0 aliphatic heterocycles. The van der Waals surface area contributed by atoms with E-state index in [1.54, 1.807) is 0 Å². The molecule has 0 heterocycles. The zero-order chi connectivity index (χ0) is 68.0. The Bertz CT molecular complexity index is 1810. The van der Waals surface area contributed by atoms with Gasteiger partial charge in [0.25, 0.3) is 0 Å². The fourth-order valence-electron chi connectivity index (χ4n) is 11.0. The van der Waals surface area contributed by atoms with Gasteiger partial charge in [-0.25, -0.2) is 9.13 Å². The van der Waals surface area contributed by atoms with E-state index in [2.05, 4.69) is 48.5 Å². The minimum absolute atomic E-state index is 0.106. The highest BCUT2D eigenvalue weighted by atomic mass is 31.2. The lowest BCUT2D eigenvalue weighted by molar-refractivity contribution is -0.161. The van der Waals surface area contributed by atoms with E-state index in [1.165, 1.54) is 180 Å². The summed E-state index contributed by atoms with van der Waals surface area (Å²) in [6.45, 7) is 11.9. The number of carbonyl (C=O) groups is 4. The first-order chi connectivity index (χ1) is 44.3. The van der Waals surface area contributed by atoms with Gasteiger partial charge >= 0.3 is 39.5 Å². The van der Waals surface area contributed by atoms with Crippen LogP contribution in [0.15, 0.2) is 0 Å². The summed E-state index contributed by atoms with van der Waals surface area (Å²) in [5.74, 6) is 0.294. The van der Waals surface area contributed by atoms with Crippen LogP contribution in [0.3, 0.4) is 0 Å². The van der Waals surface area contributed by atoms with E-state index in [4.69, 9.17) is 37.0 Å². The van der Waals surface area contributed by atoms with E-state index < -0.39 is 97.5 Å². The molecule has 3 N–H and O–H groups in total. The lowest BCUT2D eigenvalue weighted by atomic mass is 9.99. The van der Waals surface area contributed by atoms with E-state index in [0.29, 0.717) is 25.7 Å². The van der Waals surface area contributed by atoms with Gasteiger partial charge in [-0.3, -0.25) is 37.3 Å². The SMILES string of the molecule is CCCCCCCCCCCCC(=O)OC[C@H](COP(=O)(O)OC[C@H](O)COP(=O)(O)OC[C@@H](COC(=O)CCCCCCCCCCCCC(C)CC)OC(=O)CCCCCCCCCCCCC(C)CC)OC(=O)CCCCCCCCCCCCC(C)CC. The Morgan fingerprint density at radius 3 is 0.772 bits per heavy atom. The molecule has 8 atom stereocenters. The Labute approximate surface area is 562 Å². The highest BCUT2D eigenvalue weighted by Gasteiger charge is 2.30. The van der Waals surface area contributed by atoms with Gasteiger partial charge in [0.05, 0.1) is 26.4 Å². The number of aliphatic hydroxyl groups excluding tert-OH is 1. The number of phosphoric acid groups is 2. The van der Waals surface area contributed by atoms with Gasteiger partial charge in [0.2, 0.25) is 0 Å². The largest absolute Gasteiger partial charge is 0.472 e. The number of unbranched alkanes of at least 4 members (excludes halogenated alkanes) is 36. The minimum atomic E-state index is -4.96. The average Bonchev–Trinajstić information content (AvgIpc) is 2.37. The highest BCUT2D eigenvalue weighted by molar-refractivity contribution is 7.47. The van der Waals surface area contributed by atoms with Gasteiger partial charge in [0.1, 0.15) is 19.3 Å². The first kappa shape index (κ1) is 90.1. The third kappa shape index (κ3) is 62.8. The molecule has 0 fully saturated rings. The molecular formula is C73H142O17P2. The number of phosphoric ester groups is 2. The molecule has 0 saturated heterocycles. The zero-order valence-electron chi connectivity index (χ0n) is 60.0. The van der Waals surface area contributed by atoms with Crippen molar-refractivity contribution in [2.24, 2.45) is 17.8 Å². The molecule has 0 aromatic carbocycles. The second-order valence-electron chi connectivity index (χ2n) is 27.1. The Hall–Kier alpha value is -1.94. The van der Waals surface area contributed by atoms with E-state index in [0.717, 1.165) is 108 Å². The number of aliphatic hydroxyl groups is 1. The maximum atomic E-state index is 13.1. The Kier molecular flexibility index (Phi) is 62.4. The van der Waals surface area contributed by atoms with Crippen molar-refractivity contribution in [2.45, 2.75) is 388 Å². The van der Waals surface area contributed by atoms with Crippen molar-refractivity contribution < 1.29 is 80.2 Å². The molecule has 0 spiro atoms. The molecule has 19 heteroatoms. The average molecular weight is 1350 g/mol. The molecule has 546 valence electrons. The van der Waals surface area contributed by atoms with Crippen LogP contribution in [-0.4, -0.2) is 96.7 Å². The van der Waals surface area contributed by atoms with Gasteiger partial charge in [-0.05, 0) is 43.4 Å². The summed E-state index contributed by atoms with van der Waals surface area (Å²) in [5, 5.41) is 10.6. The lowest BCUT2D eigenvalue weighted by Gasteiger charge is -2.21. The number of rotatable bonds is 71. The zero-order valence-corrected chi connectivity index (χ0v) is 61.8. The number of ether oxygens (including phenoxy) is 4. The molecule has 0 radical (unpaired) electrons. The topological polar surface area (TPSA) is 237 Å². The summed E-state index contributed by atoms with van der Waals surface area (Å²) in [4.78, 5) is 72.7. The summed E-state index contributed by atoms with van der Waals surface area (Å²) in [5.41, 5.74) is 0. The van der Waals surface area contributed by atoms with E-state index in [-0.39, 0.29) is 25.7 Å². The predicted octanol–water partition coefficient (Wildman–Crippen LogP) is 21.0. The van der Waals surface area contributed by atoms with Crippen molar-refractivity contribution in [3.63, 3.8) is 0 Å². The summed E-state index contributed by atoms with van der Waals surface area (Å²) in [6, 6.07) is 0. The van der Waals surface area contributed by atoms with Crippen molar-refractivity contribution in [3.05, 3.63) is 0 Å². The van der Waals surface area contributed by atoms with Crippen molar-refractivity contribution >= 4 is 39.5 Å². The van der Waals surface area contributed by atoms with Gasteiger partial charge in [-0.15, -0.1) is 0 Å². The monoisotopic (exact) mass is 1350 g/mol. The van der Waals surface area contributed by atoms with Crippen LogP contribution in [0, 0.1) is 17.8 Å². The first-order valence-corrected chi connectivity index (χ1v) is 41.0. The standard InChI is InChI=1S/C73H142O17P2/c1-8-12-13-14-15-16-26-33-40-47-54-70(75)83-60-68(89-72(77)56-49-42-35-28-21-18-24-31-38-45-52-65(6)10-3)62-87-91(79,80)85-58-67(74)59-86-92(81,82)88-63-69(90-73(78)57-50-43-36-29-22-19-25-32-39-46-53-66(7)11-4)61-84-71(76)55-48-41-34-27-20-17-23-30-37-44-51-64(5)9-2/h64-69,74H,8-63H2,1-7H3,(H,79,80)(H,81,82)/t64?,65?,66?,67-,68+,69+/m0/s1. The summed E-state index contributed by atoms with van der Waals surface area (Å²) >= 11 is 0. The molecule has 0 aliphatic rings. The maximum absolute atomic E-state index is 13.1. The van der Waals surface area contributed by atoms with Crippen molar-refractivity contribution in [2.75, 3.05) is 39.6 Å². The van der Waals surface area contributed by atoms with E-state index >= 15 is 0 Å². The van der Waals surface area contributed by atoms with Crippen LogP contribution in [0.4, 0.5) is 0 Å². The summed E-state index contributed by atoms with van der Waals surface area (Å²) < 4.78 is 68.4. The van der Waals surface area contributed by atoms with Gasteiger partial charge in [-0.1, -0.05) is 318 Å². The van der Waals surface area contributed by atoms with Crippen LogP contribution in [0.5, 0.6) is 0 Å². The number of carbonyl (C=O) groups excluding carboxylic acids is 4. The molecular weight excluding hydrogens is 1210 g/mol. The molecule has 0 aromatic rings. The van der Waals surface area contributed by atoms with Crippen molar-refractivity contribution in [1.82, 2.24) is 0 Å². The quantitative estimate of drug-likeness (QED) is 0.0222. The maximum Gasteiger partial charge on any atom is 0.472 e. The smallest absolute Gasteiger partial charge is 0.462 e. The number of esters is 4. The second kappa shape index (κ2) is 63.8. The van der Waals surface area contributed by atoms with Crippen LogP contribution >= 0.6 is 15.6 Å². The number of hydrogen-bond donors (Lipinski definition) is 3. The molecule has 0 bridgehead atoms. The fraction of sp³-hybridized carbons (Fsp3) is 0.945. The molecule has 0 amide bonds. The van der Waals surface area contributed by atoms with Crippen LogP contribution in [0.1, 0.15) is 370 Å². The molecule has 17 nitrogen and oxygen atoms in total. The molecule has 92 heavy (non-hydrogen) atoms. The van der Waals surface area contributed by atoms with Gasteiger partial charge in [-0.2, -0.15) is 0 Å². The van der Waals surface area contributed by atoms with Crippen molar-refractivity contribution in [3.8, 4) is 0 Å². The molecule has 0 rings (SSSR count). The van der Waals surface area contributed by atoms with E-state index in [1.807, 2.05) is 0 Å². The Balaban J connectivity index is 5.27. The first-order valence-electron chi connectivity index (χ1n) is 38.0. The van der Waals surface area contributed by atoms with Gasteiger partial charge in [0, 0.05) is 25.7 Å². The summed E-state index contributed by atoms with van der Waals surface area (Å²) in [7, 11) is -9.91. The van der Waals surface area contributed by atoms with Crippen LogP contribution in [-0.2, 0) is 65.4 Å².